The highest BCUT2D eigenvalue weighted by molar-refractivity contribution is 5.46. The van der Waals surface area contributed by atoms with Crippen LogP contribution in [0, 0.1) is 0 Å². The number of hydrogen-bond donors (Lipinski definition) is 1. The molecule has 2 rings (SSSR count). The minimum absolute atomic E-state index is 0.939. The molecule has 0 bridgehead atoms. The van der Waals surface area contributed by atoms with Crippen molar-refractivity contribution in [2.24, 2.45) is 0 Å². The summed E-state index contributed by atoms with van der Waals surface area (Å²) in [5.74, 6) is 1.94. The van der Waals surface area contributed by atoms with Gasteiger partial charge in [-0.2, -0.15) is 0 Å². The second kappa shape index (κ2) is 7.48. The van der Waals surface area contributed by atoms with Gasteiger partial charge in [-0.3, -0.25) is 4.98 Å². The number of likely N-dealkylation sites (N-methyl/N-ethyl adjacent to an activating group) is 1. The fourth-order valence-corrected chi connectivity index (χ4v) is 1.95. The Labute approximate surface area is 120 Å². The third-order valence-corrected chi connectivity index (χ3v) is 3.17. The number of anilines is 2. The summed E-state index contributed by atoms with van der Waals surface area (Å²) in [6.45, 7) is 4.04. The zero-order chi connectivity index (χ0) is 14.2. The van der Waals surface area contributed by atoms with Crippen molar-refractivity contribution in [2.45, 2.75) is 19.8 Å². The second-order valence-corrected chi connectivity index (χ2v) is 4.83. The molecule has 1 N–H and O–H groups in total. The fraction of sp³-hybridized carbons (Fsp3) is 0.375. The average Bonchev–Trinajstić information content (AvgIpc) is 2.52. The third-order valence-electron chi connectivity index (χ3n) is 3.17. The van der Waals surface area contributed by atoms with Gasteiger partial charge in [0, 0.05) is 32.5 Å². The van der Waals surface area contributed by atoms with Crippen LogP contribution in [0.1, 0.15) is 18.9 Å². The standard InChI is InChI=1S/C16H22N4/c1-3-10-18-15-5-4-6-16(19-15)20(2)13-9-14-7-11-17-12-8-14/h4-8,11-12H,3,9-10,13H2,1-2H3,(H,18,19). The van der Waals surface area contributed by atoms with Gasteiger partial charge in [-0.15, -0.1) is 0 Å². The molecule has 2 aromatic heterocycles. The summed E-state index contributed by atoms with van der Waals surface area (Å²) in [4.78, 5) is 10.8. The summed E-state index contributed by atoms with van der Waals surface area (Å²) in [6, 6.07) is 10.2. The molecule has 2 heterocycles. The molecule has 0 aliphatic rings. The van der Waals surface area contributed by atoms with Crippen LogP contribution in [0.5, 0.6) is 0 Å². The van der Waals surface area contributed by atoms with Crippen LogP contribution < -0.4 is 10.2 Å². The topological polar surface area (TPSA) is 41.0 Å². The maximum atomic E-state index is 4.62. The lowest BCUT2D eigenvalue weighted by Crippen LogP contribution is -2.21. The summed E-state index contributed by atoms with van der Waals surface area (Å²) in [7, 11) is 2.08. The molecule has 0 saturated carbocycles. The summed E-state index contributed by atoms with van der Waals surface area (Å²) in [5, 5.41) is 3.32. The van der Waals surface area contributed by atoms with E-state index in [0.29, 0.717) is 0 Å². The first-order chi connectivity index (χ1) is 9.79. The molecule has 0 atom stereocenters. The van der Waals surface area contributed by atoms with Crippen molar-refractivity contribution in [3.8, 4) is 0 Å². The van der Waals surface area contributed by atoms with E-state index in [4.69, 9.17) is 0 Å². The van der Waals surface area contributed by atoms with Crippen molar-refractivity contribution < 1.29 is 0 Å². The Hall–Kier alpha value is -2.10. The van der Waals surface area contributed by atoms with Crippen LogP contribution in [0.4, 0.5) is 11.6 Å². The van der Waals surface area contributed by atoms with Crippen molar-refractivity contribution in [3.05, 3.63) is 48.3 Å². The van der Waals surface area contributed by atoms with E-state index in [9.17, 15) is 0 Å². The molecule has 0 aliphatic carbocycles. The van der Waals surface area contributed by atoms with Gasteiger partial charge in [-0.1, -0.05) is 13.0 Å². The maximum absolute atomic E-state index is 4.62. The molecule has 0 spiro atoms. The lowest BCUT2D eigenvalue weighted by molar-refractivity contribution is 0.857. The smallest absolute Gasteiger partial charge is 0.130 e. The van der Waals surface area contributed by atoms with Crippen LogP contribution >= 0.6 is 0 Å². The van der Waals surface area contributed by atoms with Gasteiger partial charge in [0.1, 0.15) is 11.6 Å². The number of hydrogen-bond acceptors (Lipinski definition) is 4. The third kappa shape index (κ3) is 4.23. The Kier molecular flexibility index (Phi) is 5.35. The van der Waals surface area contributed by atoms with Gasteiger partial charge in [-0.05, 0) is 42.7 Å². The van der Waals surface area contributed by atoms with Gasteiger partial charge in [0.05, 0.1) is 0 Å². The number of aromatic nitrogens is 2. The summed E-state index contributed by atoms with van der Waals surface area (Å²) < 4.78 is 0. The first-order valence-electron chi connectivity index (χ1n) is 7.10. The zero-order valence-electron chi connectivity index (χ0n) is 12.2. The van der Waals surface area contributed by atoms with Crippen molar-refractivity contribution in [3.63, 3.8) is 0 Å². The average molecular weight is 270 g/mol. The van der Waals surface area contributed by atoms with Crippen LogP contribution in [0.15, 0.2) is 42.7 Å². The van der Waals surface area contributed by atoms with Crippen LogP contribution in [0.2, 0.25) is 0 Å². The van der Waals surface area contributed by atoms with E-state index in [-0.39, 0.29) is 0 Å². The van der Waals surface area contributed by atoms with Crippen molar-refractivity contribution >= 4 is 11.6 Å². The first kappa shape index (κ1) is 14.3. The molecular weight excluding hydrogens is 248 g/mol. The van der Waals surface area contributed by atoms with E-state index in [1.807, 2.05) is 30.6 Å². The van der Waals surface area contributed by atoms with Gasteiger partial charge >= 0.3 is 0 Å². The SMILES string of the molecule is CCCNc1cccc(N(C)CCc2ccncc2)n1. The molecule has 2 aromatic rings. The van der Waals surface area contributed by atoms with E-state index >= 15 is 0 Å². The highest BCUT2D eigenvalue weighted by Crippen LogP contribution is 2.13. The highest BCUT2D eigenvalue weighted by Gasteiger charge is 2.04. The molecule has 4 heteroatoms. The molecule has 0 aliphatic heterocycles. The minimum Gasteiger partial charge on any atom is -0.370 e. The molecule has 4 nitrogen and oxygen atoms in total. The van der Waals surface area contributed by atoms with E-state index in [0.717, 1.165) is 37.6 Å². The van der Waals surface area contributed by atoms with Gasteiger partial charge < -0.3 is 10.2 Å². The Morgan fingerprint density at radius 1 is 1.15 bits per heavy atom. The van der Waals surface area contributed by atoms with Crippen LogP contribution in [-0.4, -0.2) is 30.1 Å². The van der Waals surface area contributed by atoms with Crippen LogP contribution in [0.25, 0.3) is 0 Å². The summed E-state index contributed by atoms with van der Waals surface area (Å²) in [6.07, 6.45) is 5.77. The van der Waals surface area contributed by atoms with Gasteiger partial charge in [-0.25, -0.2) is 4.98 Å². The molecule has 0 saturated heterocycles. The lowest BCUT2D eigenvalue weighted by atomic mass is 10.2. The summed E-state index contributed by atoms with van der Waals surface area (Å²) >= 11 is 0. The highest BCUT2D eigenvalue weighted by atomic mass is 15.2. The van der Waals surface area contributed by atoms with Gasteiger partial charge in [0.15, 0.2) is 0 Å². The molecular formula is C16H22N4. The second-order valence-electron chi connectivity index (χ2n) is 4.83. The maximum Gasteiger partial charge on any atom is 0.130 e. The number of rotatable bonds is 7. The van der Waals surface area contributed by atoms with Gasteiger partial charge in [0.2, 0.25) is 0 Å². The quantitative estimate of drug-likeness (QED) is 0.840. The molecule has 0 aromatic carbocycles. The zero-order valence-corrected chi connectivity index (χ0v) is 12.2. The fourth-order valence-electron chi connectivity index (χ4n) is 1.95. The normalized spacial score (nSPS) is 10.3. The molecule has 0 unspecified atom stereocenters. The largest absolute Gasteiger partial charge is 0.370 e. The number of pyridine rings is 2. The predicted octanol–water partition coefficient (Wildman–Crippen LogP) is 2.98. The molecule has 20 heavy (non-hydrogen) atoms. The van der Waals surface area contributed by atoms with E-state index in [2.05, 4.69) is 46.3 Å². The van der Waals surface area contributed by atoms with Crippen LogP contribution in [0.3, 0.4) is 0 Å². The van der Waals surface area contributed by atoms with Gasteiger partial charge in [0.25, 0.3) is 0 Å². The summed E-state index contributed by atoms with van der Waals surface area (Å²) in [5.41, 5.74) is 1.30. The minimum atomic E-state index is 0.939. The molecule has 0 radical (unpaired) electrons. The molecule has 0 fully saturated rings. The van der Waals surface area contributed by atoms with E-state index in [1.165, 1.54) is 5.56 Å². The monoisotopic (exact) mass is 270 g/mol. The van der Waals surface area contributed by atoms with E-state index < -0.39 is 0 Å². The Morgan fingerprint density at radius 2 is 1.95 bits per heavy atom. The molecule has 106 valence electrons. The Balaban J connectivity index is 1.93. The van der Waals surface area contributed by atoms with E-state index in [1.54, 1.807) is 0 Å². The van der Waals surface area contributed by atoms with Crippen molar-refractivity contribution in [1.29, 1.82) is 0 Å². The number of nitrogens with one attached hydrogen (secondary N) is 1. The van der Waals surface area contributed by atoms with Crippen molar-refractivity contribution in [2.75, 3.05) is 30.4 Å². The predicted molar refractivity (Wildman–Crippen MR) is 84.2 cm³/mol. The van der Waals surface area contributed by atoms with Crippen LogP contribution in [-0.2, 0) is 6.42 Å². The molecule has 0 amide bonds. The first-order valence-corrected chi connectivity index (χ1v) is 7.10. The number of nitrogens with zero attached hydrogens (tertiary/aromatic N) is 3. The lowest BCUT2D eigenvalue weighted by Gasteiger charge is -2.19. The Morgan fingerprint density at radius 3 is 2.70 bits per heavy atom. The Bertz CT molecular complexity index is 513. The van der Waals surface area contributed by atoms with Crippen molar-refractivity contribution in [1.82, 2.24) is 9.97 Å².